The molecule has 1 unspecified atom stereocenters. The third kappa shape index (κ3) is 3.51. The van der Waals surface area contributed by atoms with Crippen molar-refractivity contribution in [2.24, 2.45) is 0 Å². The van der Waals surface area contributed by atoms with Crippen molar-refractivity contribution in [2.45, 2.75) is 38.8 Å². The molecule has 0 aliphatic carbocycles. The lowest BCUT2D eigenvalue weighted by molar-refractivity contribution is 0.162. The Kier molecular flexibility index (Phi) is 5.29. The Labute approximate surface area is 97.1 Å². The van der Waals surface area contributed by atoms with Gasteiger partial charge in [-0.15, -0.1) is 0 Å². The number of nitrogens with one attached hydrogen (secondary N) is 1. The molecule has 0 aromatic heterocycles. The van der Waals surface area contributed by atoms with Gasteiger partial charge in [0.25, 0.3) is 0 Å². The molecule has 2 atom stereocenters. The van der Waals surface area contributed by atoms with Crippen LogP contribution in [0.4, 0.5) is 0 Å². The molecule has 16 heavy (non-hydrogen) atoms. The number of aliphatic hydroxyl groups excluding tert-OH is 1. The maximum absolute atomic E-state index is 9.73. The van der Waals surface area contributed by atoms with Gasteiger partial charge in [-0.25, -0.2) is 0 Å². The monoisotopic (exact) mass is 223 g/mol. The van der Waals surface area contributed by atoms with Crippen molar-refractivity contribution in [1.29, 1.82) is 0 Å². The summed E-state index contributed by atoms with van der Waals surface area (Å²) >= 11 is 0. The third-order valence-corrected chi connectivity index (χ3v) is 2.79. The van der Waals surface area contributed by atoms with Crippen LogP contribution in [0.3, 0.4) is 0 Å². The standard InChI is InChI=1S/C13H21NO2/c1-3-10(15)9-14-12(4-2)11-7-5-6-8-13(11)16/h5-8,10,12,14-16H,3-4,9H2,1-2H3/t10-,12?/m1/s1. The van der Waals surface area contributed by atoms with Crippen molar-refractivity contribution >= 4 is 0 Å². The average molecular weight is 223 g/mol. The summed E-state index contributed by atoms with van der Waals surface area (Å²) in [6.45, 7) is 4.57. The van der Waals surface area contributed by atoms with Crippen LogP contribution in [0.25, 0.3) is 0 Å². The number of benzene rings is 1. The van der Waals surface area contributed by atoms with Crippen LogP contribution in [0, 0.1) is 0 Å². The van der Waals surface area contributed by atoms with Gasteiger partial charge in [0.1, 0.15) is 5.75 Å². The van der Waals surface area contributed by atoms with E-state index in [9.17, 15) is 10.2 Å². The predicted octanol–water partition coefficient (Wildman–Crippen LogP) is 2.20. The number of para-hydroxylation sites is 1. The smallest absolute Gasteiger partial charge is 0.120 e. The second-order valence-corrected chi connectivity index (χ2v) is 3.99. The first kappa shape index (κ1) is 13.0. The molecule has 0 aliphatic rings. The van der Waals surface area contributed by atoms with Crippen molar-refractivity contribution in [3.05, 3.63) is 29.8 Å². The molecule has 1 aromatic carbocycles. The topological polar surface area (TPSA) is 52.5 Å². The molecule has 0 fully saturated rings. The molecule has 3 N–H and O–H groups in total. The Bertz CT molecular complexity index is 315. The molecule has 0 aliphatic heterocycles. The van der Waals surface area contributed by atoms with Crippen LogP contribution in [-0.2, 0) is 0 Å². The van der Waals surface area contributed by atoms with Gasteiger partial charge < -0.3 is 15.5 Å². The first-order valence-electron chi connectivity index (χ1n) is 5.88. The van der Waals surface area contributed by atoms with Gasteiger partial charge in [-0.1, -0.05) is 32.0 Å². The molecule has 1 rings (SSSR count). The second-order valence-electron chi connectivity index (χ2n) is 3.99. The molecule has 0 amide bonds. The van der Waals surface area contributed by atoms with Crippen LogP contribution in [0.15, 0.2) is 24.3 Å². The number of aliphatic hydroxyl groups is 1. The van der Waals surface area contributed by atoms with Crippen molar-refractivity contribution in [3.63, 3.8) is 0 Å². The average Bonchev–Trinajstić information content (AvgIpc) is 2.31. The normalized spacial score (nSPS) is 14.7. The predicted molar refractivity (Wildman–Crippen MR) is 65.4 cm³/mol. The number of aromatic hydroxyl groups is 1. The van der Waals surface area contributed by atoms with E-state index in [1.165, 1.54) is 0 Å². The van der Waals surface area contributed by atoms with Crippen LogP contribution in [-0.4, -0.2) is 22.9 Å². The summed E-state index contributed by atoms with van der Waals surface area (Å²) in [7, 11) is 0. The first-order chi connectivity index (χ1) is 7.69. The Morgan fingerprint density at radius 2 is 1.88 bits per heavy atom. The molecular weight excluding hydrogens is 202 g/mol. The van der Waals surface area contributed by atoms with E-state index in [0.29, 0.717) is 12.3 Å². The van der Waals surface area contributed by atoms with E-state index >= 15 is 0 Å². The quantitative estimate of drug-likeness (QED) is 0.693. The van der Waals surface area contributed by atoms with Crippen molar-refractivity contribution in [1.82, 2.24) is 5.32 Å². The van der Waals surface area contributed by atoms with Gasteiger partial charge in [0.2, 0.25) is 0 Å². The fourth-order valence-corrected chi connectivity index (χ4v) is 1.68. The summed E-state index contributed by atoms with van der Waals surface area (Å²) in [6.07, 6.45) is 1.30. The molecule has 3 nitrogen and oxygen atoms in total. The highest BCUT2D eigenvalue weighted by atomic mass is 16.3. The molecule has 3 heteroatoms. The molecule has 0 radical (unpaired) electrons. The minimum atomic E-state index is -0.320. The van der Waals surface area contributed by atoms with Crippen LogP contribution < -0.4 is 5.32 Å². The minimum absolute atomic E-state index is 0.0994. The lowest BCUT2D eigenvalue weighted by Gasteiger charge is -2.20. The lowest BCUT2D eigenvalue weighted by Crippen LogP contribution is -2.29. The highest BCUT2D eigenvalue weighted by Crippen LogP contribution is 2.25. The fourth-order valence-electron chi connectivity index (χ4n) is 1.68. The van der Waals surface area contributed by atoms with Crippen LogP contribution >= 0.6 is 0 Å². The first-order valence-corrected chi connectivity index (χ1v) is 5.88. The van der Waals surface area contributed by atoms with Gasteiger partial charge in [0.05, 0.1) is 6.10 Å². The number of phenolic OH excluding ortho intramolecular Hbond substituents is 1. The Morgan fingerprint density at radius 3 is 2.44 bits per heavy atom. The van der Waals surface area contributed by atoms with E-state index in [2.05, 4.69) is 12.2 Å². The van der Waals surface area contributed by atoms with Crippen LogP contribution in [0.2, 0.25) is 0 Å². The molecule has 0 heterocycles. The Hall–Kier alpha value is -1.06. The van der Waals surface area contributed by atoms with E-state index in [0.717, 1.165) is 18.4 Å². The third-order valence-electron chi connectivity index (χ3n) is 2.79. The zero-order valence-electron chi connectivity index (χ0n) is 9.98. The van der Waals surface area contributed by atoms with Crippen LogP contribution in [0.5, 0.6) is 5.75 Å². The summed E-state index contributed by atoms with van der Waals surface area (Å²) in [5, 5.41) is 22.5. The molecule has 0 saturated heterocycles. The summed E-state index contributed by atoms with van der Waals surface area (Å²) < 4.78 is 0. The lowest BCUT2D eigenvalue weighted by atomic mass is 10.0. The number of rotatable bonds is 6. The maximum atomic E-state index is 9.73. The summed E-state index contributed by atoms with van der Waals surface area (Å²) in [4.78, 5) is 0. The van der Waals surface area contributed by atoms with E-state index in [1.807, 2.05) is 25.1 Å². The van der Waals surface area contributed by atoms with Gasteiger partial charge >= 0.3 is 0 Å². The molecular formula is C13H21NO2. The summed E-state index contributed by atoms with van der Waals surface area (Å²) in [5.74, 6) is 0.313. The van der Waals surface area contributed by atoms with Crippen molar-refractivity contribution in [2.75, 3.05) is 6.54 Å². The minimum Gasteiger partial charge on any atom is -0.508 e. The highest BCUT2D eigenvalue weighted by molar-refractivity contribution is 5.34. The molecule has 0 bridgehead atoms. The fraction of sp³-hybridized carbons (Fsp3) is 0.538. The highest BCUT2D eigenvalue weighted by Gasteiger charge is 2.13. The number of hydrogen-bond acceptors (Lipinski definition) is 3. The van der Waals surface area contributed by atoms with Gasteiger partial charge in [-0.3, -0.25) is 0 Å². The summed E-state index contributed by atoms with van der Waals surface area (Å²) in [5.41, 5.74) is 0.897. The van der Waals surface area contributed by atoms with Gasteiger partial charge in [0.15, 0.2) is 0 Å². The maximum Gasteiger partial charge on any atom is 0.120 e. The van der Waals surface area contributed by atoms with Gasteiger partial charge in [-0.2, -0.15) is 0 Å². The Balaban J connectivity index is 2.64. The molecule has 90 valence electrons. The Morgan fingerprint density at radius 1 is 1.19 bits per heavy atom. The SMILES string of the molecule is CCC(NC[C@H](O)CC)c1ccccc1O. The van der Waals surface area contributed by atoms with Gasteiger partial charge in [0, 0.05) is 18.2 Å². The molecule has 0 spiro atoms. The van der Waals surface area contributed by atoms with Gasteiger partial charge in [-0.05, 0) is 18.9 Å². The molecule has 1 aromatic rings. The summed E-state index contributed by atoms with van der Waals surface area (Å²) in [6, 6.07) is 7.43. The zero-order chi connectivity index (χ0) is 12.0. The van der Waals surface area contributed by atoms with Crippen molar-refractivity contribution in [3.8, 4) is 5.75 Å². The zero-order valence-corrected chi connectivity index (χ0v) is 9.98. The number of hydrogen-bond donors (Lipinski definition) is 3. The largest absolute Gasteiger partial charge is 0.508 e. The second kappa shape index (κ2) is 6.51. The van der Waals surface area contributed by atoms with Crippen LogP contribution in [0.1, 0.15) is 38.3 Å². The van der Waals surface area contributed by atoms with E-state index < -0.39 is 0 Å². The van der Waals surface area contributed by atoms with E-state index in [1.54, 1.807) is 6.07 Å². The number of phenols is 1. The van der Waals surface area contributed by atoms with E-state index in [-0.39, 0.29) is 12.1 Å². The molecule has 0 saturated carbocycles. The van der Waals surface area contributed by atoms with Crippen molar-refractivity contribution < 1.29 is 10.2 Å². The van der Waals surface area contributed by atoms with E-state index in [4.69, 9.17) is 0 Å².